The van der Waals surface area contributed by atoms with E-state index in [1.54, 1.807) is 0 Å². The number of thioether (sulfide) groups is 1. The largest absolute Gasteiger partial charge is 0.431 e. The second-order valence-electron chi connectivity index (χ2n) is 3.49. The number of aromatic nitrogens is 1. The number of oxazole rings is 1. The van der Waals surface area contributed by atoms with E-state index in [2.05, 4.69) is 10.1 Å². The first-order valence-electron chi connectivity index (χ1n) is 5.24. The normalized spacial score (nSPS) is 12.1. The molecule has 5 nitrogen and oxygen atoms in total. The highest BCUT2D eigenvalue weighted by Gasteiger charge is 2.05. The molecule has 2 aromatic rings. The van der Waals surface area contributed by atoms with Crippen molar-refractivity contribution in [3.05, 3.63) is 24.3 Å². The average molecular weight is 251 g/mol. The van der Waals surface area contributed by atoms with Crippen molar-refractivity contribution >= 4 is 28.7 Å². The number of benzene rings is 1. The van der Waals surface area contributed by atoms with Gasteiger partial charge < -0.3 is 15.4 Å². The smallest absolute Gasteiger partial charge is 0.256 e. The quantitative estimate of drug-likeness (QED) is 0.213. The lowest BCUT2D eigenvalue weighted by molar-refractivity contribution is 0.317. The third-order valence-corrected chi connectivity index (χ3v) is 3.12. The van der Waals surface area contributed by atoms with Crippen molar-refractivity contribution in [2.24, 2.45) is 10.9 Å². The first kappa shape index (κ1) is 11.8. The van der Waals surface area contributed by atoms with Crippen molar-refractivity contribution in [3.8, 4) is 0 Å². The summed E-state index contributed by atoms with van der Waals surface area (Å²) in [5.74, 6) is 1.08. The maximum atomic E-state index is 8.37. The molecule has 1 aromatic carbocycles. The lowest BCUT2D eigenvalue weighted by Crippen LogP contribution is -2.11. The Labute approximate surface area is 103 Å². The molecule has 1 aromatic heterocycles. The van der Waals surface area contributed by atoms with E-state index in [-0.39, 0.29) is 5.84 Å². The molecule has 3 N–H and O–H groups in total. The zero-order valence-electron chi connectivity index (χ0n) is 9.17. The van der Waals surface area contributed by atoms with Crippen LogP contribution in [0.1, 0.15) is 12.8 Å². The van der Waals surface area contributed by atoms with E-state index in [9.17, 15) is 0 Å². The van der Waals surface area contributed by atoms with Crippen molar-refractivity contribution in [2.75, 3.05) is 5.75 Å². The highest BCUT2D eigenvalue weighted by molar-refractivity contribution is 7.99. The maximum absolute atomic E-state index is 8.37. The fourth-order valence-corrected chi connectivity index (χ4v) is 2.15. The van der Waals surface area contributed by atoms with Gasteiger partial charge in [0.05, 0.1) is 0 Å². The number of para-hydroxylation sites is 2. The van der Waals surface area contributed by atoms with Crippen LogP contribution in [0.2, 0.25) is 0 Å². The summed E-state index contributed by atoms with van der Waals surface area (Å²) in [6.07, 6.45) is 1.39. The first-order chi connectivity index (χ1) is 8.29. The third-order valence-electron chi connectivity index (χ3n) is 2.21. The van der Waals surface area contributed by atoms with E-state index in [0.29, 0.717) is 11.6 Å². The van der Waals surface area contributed by atoms with Crippen molar-refractivity contribution in [3.63, 3.8) is 0 Å². The zero-order valence-corrected chi connectivity index (χ0v) is 9.98. The predicted octanol–water partition coefficient (Wildman–Crippen LogP) is 2.45. The number of amidine groups is 1. The molecule has 0 aliphatic carbocycles. The monoisotopic (exact) mass is 251 g/mol. The Balaban J connectivity index is 1.87. The summed E-state index contributed by atoms with van der Waals surface area (Å²) in [6, 6.07) is 7.65. The molecule has 0 aliphatic rings. The molecule has 17 heavy (non-hydrogen) atoms. The zero-order chi connectivity index (χ0) is 12.1. The Kier molecular flexibility index (Phi) is 3.87. The van der Waals surface area contributed by atoms with Crippen LogP contribution in [0.4, 0.5) is 0 Å². The lowest BCUT2D eigenvalue weighted by Gasteiger charge is -1.96. The number of nitrogens with two attached hydrogens (primary N) is 1. The second kappa shape index (κ2) is 5.58. The minimum atomic E-state index is 0.253. The molecule has 0 saturated heterocycles. The average Bonchev–Trinajstić information content (AvgIpc) is 2.76. The van der Waals surface area contributed by atoms with E-state index in [1.807, 2.05) is 24.3 Å². The molecule has 0 saturated carbocycles. The Bertz CT molecular complexity index is 491. The fourth-order valence-electron chi connectivity index (χ4n) is 1.38. The molecule has 0 amide bonds. The van der Waals surface area contributed by atoms with Gasteiger partial charge in [-0.2, -0.15) is 0 Å². The van der Waals surface area contributed by atoms with Gasteiger partial charge >= 0.3 is 0 Å². The van der Waals surface area contributed by atoms with Crippen LogP contribution in [0, 0.1) is 0 Å². The molecule has 0 bridgehead atoms. The number of oxime groups is 1. The number of hydrogen-bond donors (Lipinski definition) is 2. The molecule has 0 atom stereocenters. The lowest BCUT2D eigenvalue weighted by atomic mass is 10.3. The molecule has 0 radical (unpaired) electrons. The highest BCUT2D eigenvalue weighted by Crippen LogP contribution is 2.23. The van der Waals surface area contributed by atoms with Crippen LogP contribution < -0.4 is 5.73 Å². The van der Waals surface area contributed by atoms with Gasteiger partial charge in [-0.25, -0.2) is 4.98 Å². The number of rotatable bonds is 5. The molecular weight excluding hydrogens is 238 g/mol. The molecule has 0 unspecified atom stereocenters. The summed E-state index contributed by atoms with van der Waals surface area (Å²) >= 11 is 1.53. The summed E-state index contributed by atoms with van der Waals surface area (Å²) in [4.78, 5) is 4.33. The summed E-state index contributed by atoms with van der Waals surface area (Å²) in [5.41, 5.74) is 7.03. The predicted molar refractivity (Wildman–Crippen MR) is 67.4 cm³/mol. The van der Waals surface area contributed by atoms with Gasteiger partial charge in [-0.05, 0) is 18.6 Å². The van der Waals surface area contributed by atoms with Gasteiger partial charge in [-0.3, -0.25) is 0 Å². The van der Waals surface area contributed by atoms with E-state index in [0.717, 1.165) is 23.3 Å². The maximum Gasteiger partial charge on any atom is 0.256 e. The summed E-state index contributed by atoms with van der Waals surface area (Å²) in [6.45, 7) is 0. The van der Waals surface area contributed by atoms with Crippen LogP contribution in [-0.2, 0) is 0 Å². The minimum absolute atomic E-state index is 0.253. The fraction of sp³-hybridized carbons (Fsp3) is 0.273. The van der Waals surface area contributed by atoms with E-state index in [4.69, 9.17) is 15.4 Å². The van der Waals surface area contributed by atoms with Gasteiger partial charge in [-0.1, -0.05) is 29.1 Å². The van der Waals surface area contributed by atoms with Crippen LogP contribution in [-0.4, -0.2) is 21.8 Å². The second-order valence-corrected chi connectivity index (χ2v) is 4.54. The van der Waals surface area contributed by atoms with Gasteiger partial charge in [0.1, 0.15) is 11.4 Å². The van der Waals surface area contributed by atoms with Crippen LogP contribution in [0.5, 0.6) is 0 Å². The van der Waals surface area contributed by atoms with Gasteiger partial charge in [-0.15, -0.1) is 0 Å². The van der Waals surface area contributed by atoms with Gasteiger partial charge in [0.25, 0.3) is 5.22 Å². The molecule has 2 rings (SSSR count). The van der Waals surface area contributed by atoms with Crippen LogP contribution in [0.25, 0.3) is 11.1 Å². The van der Waals surface area contributed by atoms with Crippen molar-refractivity contribution in [1.29, 1.82) is 0 Å². The van der Waals surface area contributed by atoms with Crippen molar-refractivity contribution in [2.45, 2.75) is 18.1 Å². The Morgan fingerprint density at radius 3 is 3.06 bits per heavy atom. The Morgan fingerprint density at radius 1 is 1.47 bits per heavy atom. The minimum Gasteiger partial charge on any atom is -0.431 e. The van der Waals surface area contributed by atoms with Gasteiger partial charge in [0, 0.05) is 12.2 Å². The Morgan fingerprint density at radius 2 is 2.29 bits per heavy atom. The summed E-state index contributed by atoms with van der Waals surface area (Å²) in [7, 11) is 0. The summed E-state index contributed by atoms with van der Waals surface area (Å²) < 4.78 is 5.54. The van der Waals surface area contributed by atoms with Crippen LogP contribution in [0.15, 0.2) is 39.1 Å². The van der Waals surface area contributed by atoms with Crippen molar-refractivity contribution in [1.82, 2.24) is 4.98 Å². The number of nitrogens with zero attached hydrogens (tertiary/aromatic N) is 2. The molecule has 0 spiro atoms. The van der Waals surface area contributed by atoms with Crippen LogP contribution in [0.3, 0.4) is 0 Å². The van der Waals surface area contributed by atoms with E-state index >= 15 is 0 Å². The Hall–Kier alpha value is -1.69. The molecular formula is C11H13N3O2S. The molecule has 90 valence electrons. The van der Waals surface area contributed by atoms with Gasteiger partial charge in [0.2, 0.25) is 0 Å². The topological polar surface area (TPSA) is 84.6 Å². The van der Waals surface area contributed by atoms with E-state index < -0.39 is 0 Å². The standard InChI is InChI=1S/C11H13N3O2S/c12-10(14-15)6-3-7-17-11-13-8-4-1-2-5-9(8)16-11/h1-2,4-5,15H,3,6-7H2,(H2,12,14). The van der Waals surface area contributed by atoms with Gasteiger partial charge in [0.15, 0.2) is 5.58 Å². The molecule has 0 fully saturated rings. The van der Waals surface area contributed by atoms with E-state index in [1.165, 1.54) is 11.8 Å². The highest BCUT2D eigenvalue weighted by atomic mass is 32.2. The molecule has 1 heterocycles. The number of fused-ring (bicyclic) bond motifs is 1. The number of hydrogen-bond acceptors (Lipinski definition) is 5. The van der Waals surface area contributed by atoms with Crippen LogP contribution >= 0.6 is 11.8 Å². The third kappa shape index (κ3) is 3.13. The molecule has 0 aliphatic heterocycles. The first-order valence-corrected chi connectivity index (χ1v) is 6.23. The van der Waals surface area contributed by atoms with Crippen molar-refractivity contribution < 1.29 is 9.62 Å². The molecule has 6 heteroatoms. The SMILES string of the molecule is N/C(CCCSc1nc2ccccc2o1)=N\O. The summed E-state index contributed by atoms with van der Waals surface area (Å²) in [5, 5.41) is 11.9.